The standard InChI is InChI=1S/C25H29N5O5/c1-34-14-25(13-31)18-10-19-17(16-4-2-3-15-11-26-28-22(15)23(16)27-19)9-20(18)30(24(25)33)12-21(32)29-5-7-35-8-6-29/h9-11,27,31H,2-8,12-14H2,1H3,(H,26,28). The Bertz CT molecular complexity index is 1310. The molecule has 1 atom stereocenters. The molecule has 1 aromatic carbocycles. The Morgan fingerprint density at radius 3 is 2.89 bits per heavy atom. The van der Waals surface area contributed by atoms with Crippen molar-refractivity contribution in [3.8, 4) is 11.4 Å². The van der Waals surface area contributed by atoms with Crippen molar-refractivity contribution >= 4 is 28.4 Å². The molecule has 1 aliphatic carbocycles. The highest BCUT2D eigenvalue weighted by Gasteiger charge is 2.52. The summed E-state index contributed by atoms with van der Waals surface area (Å²) in [6.45, 7) is 1.52. The number of H-pyrrole nitrogens is 2. The Morgan fingerprint density at radius 1 is 1.29 bits per heavy atom. The van der Waals surface area contributed by atoms with Crippen molar-refractivity contribution < 1.29 is 24.2 Å². The Kier molecular flexibility index (Phi) is 5.39. The topological polar surface area (TPSA) is 124 Å². The molecule has 3 N–H and O–H groups in total. The number of nitrogens with zero attached hydrogens (tertiary/aromatic N) is 3. The maximum atomic E-state index is 13.8. The van der Waals surface area contributed by atoms with E-state index >= 15 is 0 Å². The molecule has 0 bridgehead atoms. The number of fused-ring (bicyclic) bond motifs is 6. The monoisotopic (exact) mass is 479 g/mol. The number of carbonyl (C=O) groups excluding carboxylic acids is 2. The van der Waals surface area contributed by atoms with Gasteiger partial charge in [0.05, 0.1) is 32.1 Å². The van der Waals surface area contributed by atoms with Crippen molar-refractivity contribution in [3.63, 3.8) is 0 Å². The van der Waals surface area contributed by atoms with Crippen LogP contribution in [0, 0.1) is 0 Å². The normalized spacial score (nSPS) is 21.7. The summed E-state index contributed by atoms with van der Waals surface area (Å²) in [5, 5.41) is 18.9. The van der Waals surface area contributed by atoms with Gasteiger partial charge in [0.1, 0.15) is 17.7 Å². The highest BCUT2D eigenvalue weighted by molar-refractivity contribution is 6.13. The zero-order valence-electron chi connectivity index (χ0n) is 19.7. The minimum atomic E-state index is -1.26. The van der Waals surface area contributed by atoms with Crippen molar-refractivity contribution in [3.05, 3.63) is 35.0 Å². The number of aromatic amines is 2. The molecule has 2 aliphatic heterocycles. The van der Waals surface area contributed by atoms with Crippen LogP contribution in [0.3, 0.4) is 0 Å². The smallest absolute Gasteiger partial charge is 0.242 e. The van der Waals surface area contributed by atoms with E-state index in [1.54, 1.807) is 4.90 Å². The van der Waals surface area contributed by atoms with E-state index in [1.165, 1.54) is 17.6 Å². The molecule has 0 saturated carbocycles. The third kappa shape index (κ3) is 3.31. The van der Waals surface area contributed by atoms with Gasteiger partial charge in [-0.3, -0.25) is 14.7 Å². The van der Waals surface area contributed by atoms with Gasteiger partial charge >= 0.3 is 0 Å². The minimum absolute atomic E-state index is 0.0209. The number of aryl methyl sites for hydroxylation is 2. The van der Waals surface area contributed by atoms with E-state index in [0.29, 0.717) is 37.6 Å². The van der Waals surface area contributed by atoms with Crippen LogP contribution in [0.5, 0.6) is 0 Å². The van der Waals surface area contributed by atoms with Gasteiger partial charge in [-0.25, -0.2) is 0 Å². The molecule has 184 valence electrons. The molecule has 3 aliphatic rings. The van der Waals surface area contributed by atoms with Gasteiger partial charge in [0.15, 0.2) is 0 Å². The molecule has 10 heteroatoms. The van der Waals surface area contributed by atoms with Crippen molar-refractivity contribution in [1.29, 1.82) is 0 Å². The van der Waals surface area contributed by atoms with Crippen LogP contribution in [0.15, 0.2) is 18.3 Å². The fourth-order valence-electron chi connectivity index (χ4n) is 5.80. The fraction of sp³-hybridized carbons (Fsp3) is 0.480. The van der Waals surface area contributed by atoms with E-state index in [2.05, 4.69) is 15.2 Å². The molecule has 0 spiro atoms. The van der Waals surface area contributed by atoms with Crippen LogP contribution in [0.2, 0.25) is 0 Å². The first-order valence-electron chi connectivity index (χ1n) is 12.1. The maximum Gasteiger partial charge on any atom is 0.242 e. The number of aliphatic hydroxyl groups is 1. The van der Waals surface area contributed by atoms with Crippen LogP contribution >= 0.6 is 0 Å². The van der Waals surface area contributed by atoms with Gasteiger partial charge in [-0.1, -0.05) is 0 Å². The van der Waals surface area contributed by atoms with Crippen molar-refractivity contribution in [2.45, 2.75) is 24.7 Å². The second kappa shape index (κ2) is 8.47. The predicted molar refractivity (Wildman–Crippen MR) is 128 cm³/mol. The Labute approximate surface area is 202 Å². The van der Waals surface area contributed by atoms with Gasteiger partial charge < -0.3 is 29.4 Å². The average Bonchev–Trinajstić information content (AvgIpc) is 3.51. The number of hydrogen-bond acceptors (Lipinski definition) is 6. The molecular weight excluding hydrogens is 450 g/mol. The summed E-state index contributed by atoms with van der Waals surface area (Å²) < 4.78 is 10.8. The van der Waals surface area contributed by atoms with Crippen LogP contribution in [0.25, 0.3) is 22.3 Å². The highest BCUT2D eigenvalue weighted by atomic mass is 16.5. The Hall–Kier alpha value is -3.21. The summed E-state index contributed by atoms with van der Waals surface area (Å²) in [4.78, 5) is 33.7. The van der Waals surface area contributed by atoms with E-state index in [9.17, 15) is 14.7 Å². The van der Waals surface area contributed by atoms with E-state index in [1.807, 2.05) is 18.3 Å². The van der Waals surface area contributed by atoms with Crippen molar-refractivity contribution in [1.82, 2.24) is 20.1 Å². The number of nitrogens with one attached hydrogen (secondary N) is 2. The highest BCUT2D eigenvalue weighted by Crippen LogP contribution is 2.46. The number of hydrogen-bond donors (Lipinski definition) is 3. The van der Waals surface area contributed by atoms with Crippen LogP contribution < -0.4 is 4.90 Å². The van der Waals surface area contributed by atoms with E-state index in [4.69, 9.17) is 9.47 Å². The number of aromatic nitrogens is 3. The summed E-state index contributed by atoms with van der Waals surface area (Å²) >= 11 is 0. The lowest BCUT2D eigenvalue weighted by atomic mass is 9.82. The molecule has 3 aromatic rings. The predicted octanol–water partition coefficient (Wildman–Crippen LogP) is 1.13. The minimum Gasteiger partial charge on any atom is -0.395 e. The third-order valence-electron chi connectivity index (χ3n) is 7.63. The molecule has 1 unspecified atom stereocenters. The van der Waals surface area contributed by atoms with Gasteiger partial charge in [0.25, 0.3) is 0 Å². The second-order valence-electron chi connectivity index (χ2n) is 9.56. The molecule has 6 rings (SSSR count). The number of amides is 2. The van der Waals surface area contributed by atoms with Gasteiger partial charge in [-0.05, 0) is 48.1 Å². The lowest BCUT2D eigenvalue weighted by Gasteiger charge is -2.30. The number of rotatable bonds is 5. The van der Waals surface area contributed by atoms with Gasteiger partial charge in [-0.15, -0.1) is 0 Å². The first-order valence-corrected chi connectivity index (χ1v) is 12.1. The molecular formula is C25H29N5O5. The summed E-state index contributed by atoms with van der Waals surface area (Å²) in [7, 11) is 1.51. The molecule has 2 aromatic heterocycles. The summed E-state index contributed by atoms with van der Waals surface area (Å²) in [5.41, 5.74) is 5.21. The number of benzene rings is 1. The maximum absolute atomic E-state index is 13.8. The van der Waals surface area contributed by atoms with Crippen molar-refractivity contribution in [2.75, 3.05) is 58.1 Å². The van der Waals surface area contributed by atoms with Gasteiger partial charge in [0.2, 0.25) is 11.8 Å². The number of carbonyl (C=O) groups is 2. The quantitative estimate of drug-likeness (QED) is 0.504. The Balaban J connectivity index is 1.48. The third-order valence-corrected chi connectivity index (χ3v) is 7.63. The molecule has 35 heavy (non-hydrogen) atoms. The number of methoxy groups -OCH3 is 1. The molecule has 4 heterocycles. The molecule has 10 nitrogen and oxygen atoms in total. The summed E-state index contributed by atoms with van der Waals surface area (Å²) in [5.74, 6) is -0.445. The van der Waals surface area contributed by atoms with Crippen molar-refractivity contribution in [2.24, 2.45) is 0 Å². The SMILES string of the molecule is COCC1(CO)C(=O)N(CC(=O)N2CCOCC2)c2cc3c4c([nH]c3cc21)-c1n[nH]cc1CCC4. The number of ether oxygens (including phenoxy) is 2. The van der Waals surface area contributed by atoms with E-state index in [0.717, 1.165) is 47.1 Å². The average molecular weight is 480 g/mol. The molecule has 0 radical (unpaired) electrons. The molecule has 1 saturated heterocycles. The summed E-state index contributed by atoms with van der Waals surface area (Å²) in [6, 6.07) is 3.94. The lowest BCUT2D eigenvalue weighted by molar-refractivity contribution is -0.136. The molecule has 2 amide bonds. The first kappa shape index (κ1) is 22.3. The number of aliphatic hydroxyl groups excluding tert-OH is 1. The van der Waals surface area contributed by atoms with Gasteiger partial charge in [0, 0.05) is 43.0 Å². The van der Waals surface area contributed by atoms with Crippen LogP contribution in [-0.2, 0) is 37.3 Å². The van der Waals surface area contributed by atoms with Crippen LogP contribution in [-0.4, -0.2) is 90.2 Å². The van der Waals surface area contributed by atoms with Gasteiger partial charge in [-0.2, -0.15) is 5.10 Å². The van der Waals surface area contributed by atoms with E-state index < -0.39 is 12.0 Å². The van der Waals surface area contributed by atoms with Crippen LogP contribution in [0.4, 0.5) is 5.69 Å². The zero-order chi connectivity index (χ0) is 24.2. The largest absolute Gasteiger partial charge is 0.395 e. The first-order chi connectivity index (χ1) is 17.1. The Morgan fingerprint density at radius 2 is 2.11 bits per heavy atom. The molecule has 1 fully saturated rings. The second-order valence-corrected chi connectivity index (χ2v) is 9.56. The number of anilines is 1. The number of morpholine rings is 1. The van der Waals surface area contributed by atoms with E-state index in [-0.39, 0.29) is 25.0 Å². The van der Waals surface area contributed by atoms with Crippen LogP contribution in [0.1, 0.15) is 23.1 Å². The zero-order valence-corrected chi connectivity index (χ0v) is 19.7. The lowest BCUT2D eigenvalue weighted by Crippen LogP contribution is -2.50. The fourth-order valence-corrected chi connectivity index (χ4v) is 5.80. The summed E-state index contributed by atoms with van der Waals surface area (Å²) in [6.07, 6.45) is 4.77.